The zero-order chi connectivity index (χ0) is 14.9. The summed E-state index contributed by atoms with van der Waals surface area (Å²) in [6.45, 7) is 2.14. The minimum Gasteiger partial charge on any atom is -0.377 e. The fraction of sp³-hybridized carbons (Fsp3) is 0.150. The normalized spacial score (nSPS) is 13.3. The molecule has 0 aliphatic heterocycles. The Morgan fingerprint density at radius 3 is 2.59 bits per heavy atom. The molecule has 1 aliphatic rings. The maximum Gasteiger partial charge on any atom is 0.0657 e. The van der Waals surface area contributed by atoms with Crippen LogP contribution in [-0.2, 0) is 6.42 Å². The van der Waals surface area contributed by atoms with Crippen LogP contribution in [0.4, 0.5) is 5.69 Å². The molecule has 1 N–H and O–H groups in total. The number of anilines is 1. The van der Waals surface area contributed by atoms with Crippen LogP contribution in [0.15, 0.2) is 66.9 Å². The van der Waals surface area contributed by atoms with Crippen molar-refractivity contribution in [3.8, 4) is 11.1 Å². The summed E-state index contributed by atoms with van der Waals surface area (Å²) < 4.78 is 0. The van der Waals surface area contributed by atoms with Crippen LogP contribution in [0.1, 0.15) is 29.8 Å². The van der Waals surface area contributed by atoms with Crippen molar-refractivity contribution >= 4 is 5.69 Å². The van der Waals surface area contributed by atoms with E-state index in [2.05, 4.69) is 65.8 Å². The van der Waals surface area contributed by atoms with Crippen molar-refractivity contribution in [1.29, 1.82) is 0 Å². The van der Waals surface area contributed by atoms with E-state index in [0.717, 1.165) is 17.8 Å². The molecule has 1 aliphatic carbocycles. The van der Waals surface area contributed by atoms with Crippen LogP contribution in [-0.4, -0.2) is 4.98 Å². The molecule has 2 nitrogen and oxygen atoms in total. The minimum absolute atomic E-state index is 0.197. The highest BCUT2D eigenvalue weighted by molar-refractivity contribution is 5.78. The number of rotatable bonds is 3. The second kappa shape index (κ2) is 5.30. The number of hydrogen-bond acceptors (Lipinski definition) is 2. The highest BCUT2D eigenvalue weighted by Gasteiger charge is 2.18. The van der Waals surface area contributed by atoms with Crippen LogP contribution in [0.25, 0.3) is 11.1 Å². The highest BCUT2D eigenvalue weighted by Crippen LogP contribution is 2.37. The van der Waals surface area contributed by atoms with Crippen molar-refractivity contribution in [1.82, 2.24) is 4.98 Å². The van der Waals surface area contributed by atoms with Crippen molar-refractivity contribution < 1.29 is 0 Å². The van der Waals surface area contributed by atoms with Gasteiger partial charge in [0, 0.05) is 11.9 Å². The zero-order valence-corrected chi connectivity index (χ0v) is 12.6. The molecule has 2 heteroatoms. The summed E-state index contributed by atoms with van der Waals surface area (Å²) in [6, 6.07) is 21.6. The first-order valence-electron chi connectivity index (χ1n) is 7.70. The summed E-state index contributed by atoms with van der Waals surface area (Å²) in [6.07, 6.45) is 2.87. The van der Waals surface area contributed by atoms with Crippen LogP contribution in [0.5, 0.6) is 0 Å². The summed E-state index contributed by atoms with van der Waals surface area (Å²) in [5, 5.41) is 3.55. The first-order chi connectivity index (χ1) is 10.8. The van der Waals surface area contributed by atoms with E-state index in [-0.39, 0.29) is 6.04 Å². The Balaban J connectivity index is 1.60. The van der Waals surface area contributed by atoms with Crippen LogP contribution >= 0.6 is 0 Å². The standard InChI is InChI=1S/C20H18N2/c1-14(20-8-4-5-11-21-20)22-17-9-10-19-16(13-17)12-15-6-2-3-7-18(15)19/h2-11,13-14,22H,12H2,1H3. The molecule has 2 aromatic carbocycles. The predicted octanol–water partition coefficient (Wildman–Crippen LogP) is 4.83. The summed E-state index contributed by atoms with van der Waals surface area (Å²) in [4.78, 5) is 4.42. The van der Waals surface area contributed by atoms with Crippen molar-refractivity contribution in [2.45, 2.75) is 19.4 Å². The fourth-order valence-corrected chi connectivity index (χ4v) is 3.19. The second-order valence-corrected chi connectivity index (χ2v) is 5.83. The lowest BCUT2D eigenvalue weighted by atomic mass is 10.1. The number of fused-ring (bicyclic) bond motifs is 3. The van der Waals surface area contributed by atoms with Gasteiger partial charge in [-0.05, 0) is 59.9 Å². The highest BCUT2D eigenvalue weighted by atomic mass is 14.9. The van der Waals surface area contributed by atoms with E-state index in [1.165, 1.54) is 22.3 Å². The summed E-state index contributed by atoms with van der Waals surface area (Å²) in [7, 11) is 0. The third-order valence-corrected chi connectivity index (χ3v) is 4.31. The Labute approximate surface area is 130 Å². The van der Waals surface area contributed by atoms with Gasteiger partial charge in [0.2, 0.25) is 0 Å². The molecule has 0 saturated heterocycles. The van der Waals surface area contributed by atoms with E-state index in [9.17, 15) is 0 Å². The number of nitrogens with one attached hydrogen (secondary N) is 1. The number of benzene rings is 2. The van der Waals surface area contributed by atoms with Gasteiger partial charge in [0.1, 0.15) is 0 Å². The van der Waals surface area contributed by atoms with Crippen molar-refractivity contribution in [2.24, 2.45) is 0 Å². The van der Waals surface area contributed by atoms with Gasteiger partial charge >= 0.3 is 0 Å². The van der Waals surface area contributed by atoms with Crippen LogP contribution < -0.4 is 5.32 Å². The molecule has 0 radical (unpaired) electrons. The summed E-state index contributed by atoms with van der Waals surface area (Å²) >= 11 is 0. The third kappa shape index (κ3) is 2.27. The molecule has 0 amide bonds. The van der Waals surface area contributed by atoms with E-state index < -0.39 is 0 Å². The monoisotopic (exact) mass is 286 g/mol. The molecule has 1 aromatic heterocycles. The van der Waals surface area contributed by atoms with Crippen molar-refractivity contribution in [3.05, 3.63) is 83.7 Å². The summed E-state index contributed by atoms with van der Waals surface area (Å²) in [5.74, 6) is 0. The molecule has 1 heterocycles. The molecule has 0 bridgehead atoms. The van der Waals surface area contributed by atoms with E-state index in [1.807, 2.05) is 18.3 Å². The Morgan fingerprint density at radius 1 is 0.909 bits per heavy atom. The van der Waals surface area contributed by atoms with Gasteiger partial charge in [-0.1, -0.05) is 36.4 Å². The minimum atomic E-state index is 0.197. The lowest BCUT2D eigenvalue weighted by Gasteiger charge is -2.15. The lowest BCUT2D eigenvalue weighted by molar-refractivity contribution is 0.839. The van der Waals surface area contributed by atoms with Gasteiger partial charge in [0.25, 0.3) is 0 Å². The Bertz CT molecular complexity index is 809. The zero-order valence-electron chi connectivity index (χ0n) is 12.6. The second-order valence-electron chi connectivity index (χ2n) is 5.83. The van der Waals surface area contributed by atoms with E-state index >= 15 is 0 Å². The summed E-state index contributed by atoms with van der Waals surface area (Å²) in [5.41, 5.74) is 7.79. The molecule has 22 heavy (non-hydrogen) atoms. The van der Waals surface area contributed by atoms with Gasteiger partial charge in [-0.15, -0.1) is 0 Å². The molecule has 0 spiro atoms. The molecular formula is C20H18N2. The fourth-order valence-electron chi connectivity index (χ4n) is 3.19. The number of aromatic nitrogens is 1. The topological polar surface area (TPSA) is 24.9 Å². The van der Waals surface area contributed by atoms with E-state index in [1.54, 1.807) is 0 Å². The number of nitrogens with zero attached hydrogens (tertiary/aromatic N) is 1. The van der Waals surface area contributed by atoms with Gasteiger partial charge in [-0.25, -0.2) is 0 Å². The molecule has 108 valence electrons. The number of hydrogen-bond donors (Lipinski definition) is 1. The molecular weight excluding hydrogens is 268 g/mol. The van der Waals surface area contributed by atoms with Crippen LogP contribution in [0.3, 0.4) is 0 Å². The predicted molar refractivity (Wildman–Crippen MR) is 91.0 cm³/mol. The van der Waals surface area contributed by atoms with Gasteiger partial charge in [-0.2, -0.15) is 0 Å². The molecule has 0 fully saturated rings. The first kappa shape index (κ1) is 13.1. The number of pyridine rings is 1. The molecule has 3 aromatic rings. The largest absolute Gasteiger partial charge is 0.377 e. The molecule has 4 rings (SSSR count). The van der Waals surface area contributed by atoms with Crippen LogP contribution in [0, 0.1) is 0 Å². The maximum atomic E-state index is 4.42. The third-order valence-electron chi connectivity index (χ3n) is 4.31. The maximum absolute atomic E-state index is 4.42. The Morgan fingerprint density at radius 2 is 1.73 bits per heavy atom. The Kier molecular flexibility index (Phi) is 3.15. The van der Waals surface area contributed by atoms with E-state index in [0.29, 0.717) is 0 Å². The van der Waals surface area contributed by atoms with E-state index in [4.69, 9.17) is 0 Å². The van der Waals surface area contributed by atoms with Crippen molar-refractivity contribution in [3.63, 3.8) is 0 Å². The molecule has 0 saturated carbocycles. The van der Waals surface area contributed by atoms with Gasteiger partial charge in [0.05, 0.1) is 11.7 Å². The Hall–Kier alpha value is -2.61. The van der Waals surface area contributed by atoms with Crippen LogP contribution in [0.2, 0.25) is 0 Å². The lowest BCUT2D eigenvalue weighted by Crippen LogP contribution is -2.08. The quantitative estimate of drug-likeness (QED) is 0.583. The molecule has 1 unspecified atom stereocenters. The van der Waals surface area contributed by atoms with Gasteiger partial charge in [-0.3, -0.25) is 4.98 Å². The van der Waals surface area contributed by atoms with Gasteiger partial charge in [0.15, 0.2) is 0 Å². The average Bonchev–Trinajstić information content (AvgIpc) is 2.93. The first-order valence-corrected chi connectivity index (χ1v) is 7.70. The average molecular weight is 286 g/mol. The molecule has 1 atom stereocenters. The smallest absolute Gasteiger partial charge is 0.0657 e. The van der Waals surface area contributed by atoms with Gasteiger partial charge < -0.3 is 5.32 Å². The van der Waals surface area contributed by atoms with Crippen molar-refractivity contribution in [2.75, 3.05) is 5.32 Å². The SMILES string of the molecule is CC(Nc1ccc2c(c1)Cc1ccccc1-2)c1ccccn1.